The first kappa shape index (κ1) is 17.0. The third-order valence-corrected chi connectivity index (χ3v) is 4.21. The summed E-state index contributed by atoms with van der Waals surface area (Å²) >= 11 is 0.964. The van der Waals surface area contributed by atoms with Crippen molar-refractivity contribution in [2.45, 2.75) is 32.9 Å². The van der Waals surface area contributed by atoms with Crippen LogP contribution in [0.15, 0.2) is 36.4 Å². The van der Waals surface area contributed by atoms with Gasteiger partial charge >= 0.3 is 5.97 Å². The average Bonchev–Trinajstić information content (AvgIpc) is 2.97. The molecule has 0 aliphatic carbocycles. The number of aromatic carboxylic acids is 1. The predicted molar refractivity (Wildman–Crippen MR) is 89.4 cm³/mol. The maximum atomic E-state index is 12.2. The lowest BCUT2D eigenvalue weighted by Crippen LogP contribution is -2.25. The van der Waals surface area contributed by atoms with Crippen molar-refractivity contribution >= 4 is 23.2 Å². The molecule has 1 unspecified atom stereocenters. The number of carbonyl (C=O) groups excluding carboxylic acids is 1. The van der Waals surface area contributed by atoms with E-state index in [1.807, 2.05) is 45.0 Å². The number of carbonyl (C=O) groups is 2. The Morgan fingerprint density at radius 2 is 1.65 bits per heavy atom. The molecule has 0 saturated heterocycles. The number of hydrogen-bond donors (Lipinski definition) is 2. The van der Waals surface area contributed by atoms with Gasteiger partial charge in [-0.3, -0.25) is 4.79 Å². The van der Waals surface area contributed by atoms with Crippen LogP contribution in [0, 0.1) is 0 Å². The van der Waals surface area contributed by atoms with Gasteiger partial charge in [0.15, 0.2) is 0 Å². The van der Waals surface area contributed by atoms with Crippen LogP contribution in [0.2, 0.25) is 0 Å². The van der Waals surface area contributed by atoms with E-state index in [1.165, 1.54) is 12.1 Å². The lowest BCUT2D eigenvalue weighted by Gasteiger charge is -2.15. The number of amides is 1. The molecule has 1 heterocycles. The number of benzene rings is 1. The third kappa shape index (κ3) is 4.56. The van der Waals surface area contributed by atoms with E-state index in [0.717, 1.165) is 22.6 Å². The normalized spacial score (nSPS) is 12.0. The monoisotopic (exact) mass is 333 g/mol. The van der Waals surface area contributed by atoms with E-state index in [-0.39, 0.29) is 22.9 Å². The Morgan fingerprint density at radius 3 is 2.17 bits per heavy atom. The second-order valence-electron chi connectivity index (χ2n) is 5.40. The van der Waals surface area contributed by atoms with Crippen molar-refractivity contribution < 1.29 is 19.4 Å². The summed E-state index contributed by atoms with van der Waals surface area (Å²) in [4.78, 5) is 23.5. The van der Waals surface area contributed by atoms with Crippen molar-refractivity contribution in [3.63, 3.8) is 0 Å². The maximum absolute atomic E-state index is 12.2. The number of carboxylic acid groups (broad SMARTS) is 1. The summed E-state index contributed by atoms with van der Waals surface area (Å²) < 4.78 is 5.58. The van der Waals surface area contributed by atoms with Crippen LogP contribution in [0.5, 0.6) is 5.75 Å². The van der Waals surface area contributed by atoms with Gasteiger partial charge in [-0.15, -0.1) is 11.3 Å². The van der Waals surface area contributed by atoms with Crippen molar-refractivity contribution in [1.82, 2.24) is 5.32 Å². The highest BCUT2D eigenvalue weighted by molar-refractivity contribution is 7.15. The molecule has 2 rings (SSSR count). The van der Waals surface area contributed by atoms with Crippen LogP contribution in [-0.2, 0) is 0 Å². The molecule has 1 atom stereocenters. The minimum Gasteiger partial charge on any atom is -0.491 e. The van der Waals surface area contributed by atoms with E-state index >= 15 is 0 Å². The van der Waals surface area contributed by atoms with Crippen LogP contribution in [0.1, 0.15) is 51.7 Å². The smallest absolute Gasteiger partial charge is 0.345 e. The zero-order chi connectivity index (χ0) is 17.0. The Morgan fingerprint density at radius 1 is 1.04 bits per heavy atom. The molecule has 122 valence electrons. The zero-order valence-corrected chi connectivity index (χ0v) is 14.0. The molecule has 1 aromatic heterocycles. The Labute approximate surface area is 138 Å². The molecule has 0 spiro atoms. The van der Waals surface area contributed by atoms with Crippen LogP contribution in [-0.4, -0.2) is 23.1 Å². The number of thiophene rings is 1. The van der Waals surface area contributed by atoms with E-state index in [4.69, 9.17) is 9.84 Å². The van der Waals surface area contributed by atoms with Crippen molar-refractivity contribution in [2.75, 3.05) is 0 Å². The van der Waals surface area contributed by atoms with Crippen LogP contribution >= 0.6 is 11.3 Å². The van der Waals surface area contributed by atoms with E-state index in [9.17, 15) is 9.59 Å². The summed E-state index contributed by atoms with van der Waals surface area (Å²) in [6.45, 7) is 5.80. The lowest BCUT2D eigenvalue weighted by molar-refractivity contribution is 0.0702. The Bertz CT molecular complexity index is 691. The Kier molecular flexibility index (Phi) is 5.39. The summed E-state index contributed by atoms with van der Waals surface area (Å²) in [5, 5.41) is 11.8. The molecule has 6 heteroatoms. The number of nitrogens with one attached hydrogen (secondary N) is 1. The molecule has 1 aromatic carbocycles. The maximum Gasteiger partial charge on any atom is 0.345 e. The number of ether oxygens (including phenoxy) is 1. The van der Waals surface area contributed by atoms with Crippen LogP contribution in [0.25, 0.3) is 0 Å². The molecule has 0 radical (unpaired) electrons. The van der Waals surface area contributed by atoms with Gasteiger partial charge in [0.1, 0.15) is 10.6 Å². The minimum absolute atomic E-state index is 0.111. The second kappa shape index (κ2) is 7.28. The highest BCUT2D eigenvalue weighted by Gasteiger charge is 2.15. The van der Waals surface area contributed by atoms with Crippen LogP contribution in [0.3, 0.4) is 0 Å². The Balaban J connectivity index is 2.01. The highest BCUT2D eigenvalue weighted by Crippen LogP contribution is 2.21. The van der Waals surface area contributed by atoms with Gasteiger partial charge in [0.05, 0.1) is 17.0 Å². The SMILES string of the molecule is CC(C)Oc1ccc(C(C)NC(=O)c2ccc(C(=O)O)s2)cc1. The second-order valence-corrected chi connectivity index (χ2v) is 6.48. The first-order valence-corrected chi connectivity index (χ1v) is 8.09. The van der Waals surface area contributed by atoms with Crippen molar-refractivity contribution in [3.05, 3.63) is 51.7 Å². The van der Waals surface area contributed by atoms with Crippen molar-refractivity contribution in [2.24, 2.45) is 0 Å². The summed E-state index contributed by atoms with van der Waals surface area (Å²) in [6.07, 6.45) is 0.111. The fourth-order valence-electron chi connectivity index (χ4n) is 2.03. The van der Waals surface area contributed by atoms with Gasteiger partial charge in [0.2, 0.25) is 0 Å². The molecule has 23 heavy (non-hydrogen) atoms. The fraction of sp³-hybridized carbons (Fsp3) is 0.294. The number of carboxylic acids is 1. The molecule has 0 saturated carbocycles. The number of rotatable bonds is 6. The predicted octanol–water partition coefficient (Wildman–Crippen LogP) is 3.72. The molecule has 0 fully saturated rings. The first-order chi connectivity index (χ1) is 10.9. The van der Waals surface area contributed by atoms with E-state index < -0.39 is 5.97 Å². The summed E-state index contributed by atoms with van der Waals surface area (Å²) in [5.41, 5.74) is 0.949. The summed E-state index contributed by atoms with van der Waals surface area (Å²) in [6, 6.07) is 10.3. The van der Waals surface area contributed by atoms with Gasteiger partial charge in [0, 0.05) is 0 Å². The lowest BCUT2D eigenvalue weighted by atomic mass is 10.1. The molecule has 0 bridgehead atoms. The quantitative estimate of drug-likeness (QED) is 0.844. The first-order valence-electron chi connectivity index (χ1n) is 7.27. The molecular formula is C17H19NO4S. The highest BCUT2D eigenvalue weighted by atomic mass is 32.1. The fourth-order valence-corrected chi connectivity index (χ4v) is 2.78. The number of hydrogen-bond acceptors (Lipinski definition) is 4. The molecule has 0 aliphatic heterocycles. The van der Waals surface area contributed by atoms with Gasteiger partial charge < -0.3 is 15.2 Å². The largest absolute Gasteiger partial charge is 0.491 e. The van der Waals surface area contributed by atoms with E-state index in [0.29, 0.717) is 4.88 Å². The summed E-state index contributed by atoms with van der Waals surface area (Å²) in [5.74, 6) is -0.521. The van der Waals surface area contributed by atoms with E-state index in [2.05, 4.69) is 5.32 Å². The Hall–Kier alpha value is -2.34. The van der Waals surface area contributed by atoms with Gasteiger partial charge in [0.25, 0.3) is 5.91 Å². The molecule has 5 nitrogen and oxygen atoms in total. The van der Waals surface area contributed by atoms with Crippen molar-refractivity contribution in [1.29, 1.82) is 0 Å². The molecule has 1 amide bonds. The van der Waals surface area contributed by atoms with Crippen LogP contribution < -0.4 is 10.1 Å². The molecular weight excluding hydrogens is 314 g/mol. The standard InChI is InChI=1S/C17H19NO4S/c1-10(2)22-13-6-4-12(5-7-13)11(3)18-16(19)14-8-9-15(23-14)17(20)21/h4-11H,1-3H3,(H,18,19)(H,20,21). The van der Waals surface area contributed by atoms with E-state index in [1.54, 1.807) is 0 Å². The van der Waals surface area contributed by atoms with Crippen LogP contribution in [0.4, 0.5) is 0 Å². The average molecular weight is 333 g/mol. The molecule has 0 aliphatic rings. The molecule has 2 aromatic rings. The van der Waals surface area contributed by atoms with Gasteiger partial charge in [-0.25, -0.2) is 4.79 Å². The molecule has 2 N–H and O–H groups in total. The minimum atomic E-state index is -1.03. The van der Waals surface area contributed by atoms with Gasteiger partial charge in [-0.1, -0.05) is 12.1 Å². The van der Waals surface area contributed by atoms with Gasteiger partial charge in [-0.2, -0.15) is 0 Å². The van der Waals surface area contributed by atoms with Crippen molar-refractivity contribution in [3.8, 4) is 5.75 Å². The third-order valence-electron chi connectivity index (χ3n) is 3.14. The topological polar surface area (TPSA) is 75.6 Å². The van der Waals surface area contributed by atoms with Gasteiger partial charge in [-0.05, 0) is 50.6 Å². The summed E-state index contributed by atoms with van der Waals surface area (Å²) in [7, 11) is 0. The zero-order valence-electron chi connectivity index (χ0n) is 13.2.